The van der Waals surface area contributed by atoms with Crippen molar-refractivity contribution in [2.24, 2.45) is 0 Å². The average Bonchev–Trinajstić information content (AvgIpc) is 2.68. The molecule has 0 aromatic heterocycles. The largest absolute Gasteiger partial charge is 0.273 e. The summed E-state index contributed by atoms with van der Waals surface area (Å²) >= 11 is 0. The first kappa shape index (κ1) is 20.0. The van der Waals surface area contributed by atoms with Gasteiger partial charge in [0.2, 0.25) is 0 Å². The van der Waals surface area contributed by atoms with Gasteiger partial charge in [-0.15, -0.1) is 0 Å². The second kappa shape index (κ2) is 8.50. The van der Waals surface area contributed by atoms with E-state index in [1.54, 1.807) is 24.3 Å². The molecule has 0 aliphatic rings. The lowest BCUT2D eigenvalue weighted by atomic mass is 9.97. The molecule has 146 valence electrons. The molecule has 3 rings (SSSR count). The van der Waals surface area contributed by atoms with E-state index < -0.39 is 30.9 Å². The SMILES string of the molecule is FCCc1ccc(-c2cc(F)c(-c3ccc(C(F)C(F)F)cc3)c(F)c2)cc1. The molecule has 0 saturated heterocycles. The maximum atomic E-state index is 14.6. The minimum atomic E-state index is -3.17. The van der Waals surface area contributed by atoms with E-state index in [1.807, 2.05) is 0 Å². The van der Waals surface area contributed by atoms with Gasteiger partial charge in [0.05, 0.1) is 12.2 Å². The van der Waals surface area contributed by atoms with Gasteiger partial charge >= 0.3 is 0 Å². The van der Waals surface area contributed by atoms with Gasteiger partial charge in [-0.25, -0.2) is 22.0 Å². The van der Waals surface area contributed by atoms with Crippen LogP contribution in [0.5, 0.6) is 0 Å². The zero-order valence-electron chi connectivity index (χ0n) is 14.6. The lowest BCUT2D eigenvalue weighted by molar-refractivity contribution is 0.0496. The Morgan fingerprint density at radius 2 is 1.21 bits per heavy atom. The molecule has 1 atom stereocenters. The van der Waals surface area contributed by atoms with Crippen LogP contribution in [0, 0.1) is 11.6 Å². The molecular weight excluding hydrogens is 378 g/mol. The van der Waals surface area contributed by atoms with Crippen molar-refractivity contribution >= 4 is 0 Å². The third-order valence-corrected chi connectivity index (χ3v) is 4.45. The third-order valence-electron chi connectivity index (χ3n) is 4.45. The number of halogens is 6. The summed E-state index contributed by atoms with van der Waals surface area (Å²) in [6, 6.07) is 13.6. The number of hydrogen-bond acceptors (Lipinski definition) is 0. The van der Waals surface area contributed by atoms with Crippen LogP contribution in [-0.2, 0) is 6.42 Å². The van der Waals surface area contributed by atoms with Gasteiger partial charge < -0.3 is 0 Å². The number of hydrogen-bond donors (Lipinski definition) is 0. The topological polar surface area (TPSA) is 0 Å². The molecule has 0 aliphatic heterocycles. The van der Waals surface area contributed by atoms with Crippen LogP contribution < -0.4 is 0 Å². The summed E-state index contributed by atoms with van der Waals surface area (Å²) in [7, 11) is 0. The maximum absolute atomic E-state index is 14.6. The van der Waals surface area contributed by atoms with Crippen LogP contribution in [-0.4, -0.2) is 13.1 Å². The predicted molar refractivity (Wildman–Crippen MR) is 96.8 cm³/mol. The lowest BCUT2D eigenvalue weighted by Gasteiger charge is -2.11. The van der Waals surface area contributed by atoms with E-state index in [9.17, 15) is 26.3 Å². The zero-order chi connectivity index (χ0) is 20.3. The van der Waals surface area contributed by atoms with Gasteiger partial charge in [-0.1, -0.05) is 48.5 Å². The van der Waals surface area contributed by atoms with Crippen molar-refractivity contribution in [3.05, 3.63) is 83.4 Å². The van der Waals surface area contributed by atoms with Crippen molar-refractivity contribution in [1.82, 2.24) is 0 Å². The minimum Gasteiger partial charge on any atom is -0.251 e. The first-order valence-electron chi connectivity index (χ1n) is 8.57. The molecule has 0 aliphatic carbocycles. The highest BCUT2D eigenvalue weighted by molar-refractivity contribution is 5.72. The fraction of sp³-hybridized carbons (Fsp3) is 0.182. The standard InChI is InChI=1S/C22H16F6/c23-10-9-13-1-3-14(4-2-13)17-11-18(24)20(19(25)12-17)15-5-7-16(8-6-15)21(26)22(27)28/h1-8,11-12,21-22H,9-10H2. The Bertz CT molecular complexity index is 909. The summed E-state index contributed by atoms with van der Waals surface area (Å²) in [5.41, 5.74) is 1.19. The molecular formula is C22H16F6. The van der Waals surface area contributed by atoms with Crippen molar-refractivity contribution in [3.8, 4) is 22.3 Å². The minimum absolute atomic E-state index is 0.116. The van der Waals surface area contributed by atoms with Gasteiger partial charge in [0.25, 0.3) is 6.43 Å². The Morgan fingerprint density at radius 3 is 1.71 bits per heavy atom. The van der Waals surface area contributed by atoms with E-state index in [4.69, 9.17) is 0 Å². The van der Waals surface area contributed by atoms with Crippen LogP contribution in [0.1, 0.15) is 17.3 Å². The predicted octanol–water partition coefficient (Wildman–Crippen LogP) is 7.09. The molecule has 3 aromatic carbocycles. The lowest BCUT2D eigenvalue weighted by Crippen LogP contribution is -2.02. The van der Waals surface area contributed by atoms with Crippen LogP contribution in [0.3, 0.4) is 0 Å². The molecule has 0 heterocycles. The molecule has 0 fully saturated rings. The quantitative estimate of drug-likeness (QED) is 0.392. The summed E-state index contributed by atoms with van der Waals surface area (Å²) in [6.45, 7) is -0.490. The van der Waals surface area contributed by atoms with E-state index in [1.165, 1.54) is 12.1 Å². The van der Waals surface area contributed by atoms with Gasteiger partial charge in [-0.3, -0.25) is 4.39 Å². The molecule has 28 heavy (non-hydrogen) atoms. The molecule has 0 bridgehead atoms. The molecule has 0 spiro atoms. The molecule has 0 saturated carbocycles. The van der Waals surface area contributed by atoms with Gasteiger partial charge in [0.15, 0.2) is 6.17 Å². The highest BCUT2D eigenvalue weighted by atomic mass is 19.3. The fourth-order valence-electron chi connectivity index (χ4n) is 2.97. The smallest absolute Gasteiger partial charge is 0.251 e. The van der Waals surface area contributed by atoms with Crippen molar-refractivity contribution in [2.45, 2.75) is 19.0 Å². The average molecular weight is 394 g/mol. The third kappa shape index (κ3) is 4.21. The van der Waals surface area contributed by atoms with Gasteiger partial charge in [0, 0.05) is 6.42 Å². The summed E-state index contributed by atoms with van der Waals surface area (Å²) in [4.78, 5) is 0. The zero-order valence-corrected chi connectivity index (χ0v) is 14.6. The van der Waals surface area contributed by atoms with Crippen molar-refractivity contribution in [3.63, 3.8) is 0 Å². The molecule has 0 amide bonds. The Labute approximate surface area is 158 Å². The molecule has 0 N–H and O–H groups in total. The summed E-state index contributed by atoms with van der Waals surface area (Å²) in [5, 5.41) is 0. The van der Waals surface area contributed by atoms with Gasteiger partial charge in [-0.05, 0) is 39.9 Å². The Morgan fingerprint density at radius 1 is 0.679 bits per heavy atom. The summed E-state index contributed by atoms with van der Waals surface area (Å²) in [6.07, 6.45) is -5.36. The van der Waals surface area contributed by atoms with Crippen molar-refractivity contribution in [2.75, 3.05) is 6.67 Å². The second-order valence-corrected chi connectivity index (χ2v) is 6.31. The van der Waals surface area contributed by atoms with Crippen molar-refractivity contribution in [1.29, 1.82) is 0 Å². The molecule has 6 heteroatoms. The Hall–Kier alpha value is -2.76. The Balaban J connectivity index is 1.92. The first-order chi connectivity index (χ1) is 13.4. The summed E-state index contributed by atoms with van der Waals surface area (Å²) in [5.74, 6) is -1.66. The molecule has 0 radical (unpaired) electrons. The molecule has 1 unspecified atom stereocenters. The van der Waals surface area contributed by atoms with E-state index in [0.29, 0.717) is 11.1 Å². The fourth-order valence-corrected chi connectivity index (χ4v) is 2.97. The van der Waals surface area contributed by atoms with E-state index in [2.05, 4.69) is 0 Å². The van der Waals surface area contributed by atoms with E-state index in [0.717, 1.165) is 29.8 Å². The summed E-state index contributed by atoms with van der Waals surface area (Å²) < 4.78 is 79.7. The normalized spacial score (nSPS) is 12.4. The molecule has 0 nitrogen and oxygen atoms in total. The maximum Gasteiger partial charge on any atom is 0.273 e. The highest BCUT2D eigenvalue weighted by Crippen LogP contribution is 2.33. The van der Waals surface area contributed by atoms with Crippen LogP contribution in [0.15, 0.2) is 60.7 Å². The Kier molecular flexibility index (Phi) is 6.07. The second-order valence-electron chi connectivity index (χ2n) is 6.31. The van der Waals surface area contributed by atoms with E-state index >= 15 is 0 Å². The number of aryl methyl sites for hydroxylation is 1. The first-order valence-corrected chi connectivity index (χ1v) is 8.57. The van der Waals surface area contributed by atoms with Gasteiger partial charge in [0.1, 0.15) is 11.6 Å². The number of rotatable bonds is 6. The van der Waals surface area contributed by atoms with Crippen LogP contribution in [0.4, 0.5) is 26.3 Å². The molecule has 3 aromatic rings. The van der Waals surface area contributed by atoms with Crippen molar-refractivity contribution < 1.29 is 26.3 Å². The highest BCUT2D eigenvalue weighted by Gasteiger charge is 2.22. The monoisotopic (exact) mass is 394 g/mol. The number of benzene rings is 3. The van der Waals surface area contributed by atoms with Crippen LogP contribution >= 0.6 is 0 Å². The van der Waals surface area contributed by atoms with E-state index in [-0.39, 0.29) is 23.1 Å². The van der Waals surface area contributed by atoms with Crippen LogP contribution in [0.25, 0.3) is 22.3 Å². The van der Waals surface area contributed by atoms with Gasteiger partial charge in [-0.2, -0.15) is 0 Å². The number of alkyl halides is 4. The van der Waals surface area contributed by atoms with Crippen LogP contribution in [0.2, 0.25) is 0 Å².